The highest BCUT2D eigenvalue weighted by molar-refractivity contribution is 7.85. The Morgan fingerprint density at radius 1 is 1.09 bits per heavy atom. The summed E-state index contributed by atoms with van der Waals surface area (Å²) < 4.78 is 23.4. The van der Waals surface area contributed by atoms with Crippen LogP contribution in [0, 0.1) is 0 Å². The van der Waals surface area contributed by atoms with Crippen molar-refractivity contribution in [2.24, 2.45) is 0 Å². The maximum atomic E-state index is 12.9. The average molecular weight is 333 g/mol. The van der Waals surface area contributed by atoms with E-state index in [0.29, 0.717) is 22.8 Å². The number of amides is 1. The lowest BCUT2D eigenvalue weighted by atomic mass is 10.1. The van der Waals surface area contributed by atoms with Crippen molar-refractivity contribution in [2.45, 2.75) is 10.1 Å². The van der Waals surface area contributed by atoms with Gasteiger partial charge in [-0.2, -0.15) is 0 Å². The topological polar surface area (TPSA) is 64.6 Å². The number of hydrogen-bond acceptors (Lipinski definition) is 4. The van der Waals surface area contributed by atoms with E-state index in [4.69, 9.17) is 9.47 Å². The molecule has 0 radical (unpaired) electrons. The van der Waals surface area contributed by atoms with Gasteiger partial charge in [-0.25, -0.2) is 0 Å². The lowest BCUT2D eigenvalue weighted by molar-refractivity contribution is -0.109. The summed E-state index contributed by atoms with van der Waals surface area (Å²) in [7, 11) is 1.80. The Bertz CT molecular complexity index is 676. The molecule has 0 aliphatic heterocycles. The van der Waals surface area contributed by atoms with Crippen molar-refractivity contribution in [2.75, 3.05) is 20.8 Å². The second-order valence-electron chi connectivity index (χ2n) is 4.74. The molecule has 0 aliphatic rings. The Morgan fingerprint density at radius 3 is 2.39 bits per heavy atom. The van der Waals surface area contributed by atoms with Gasteiger partial charge in [0.25, 0.3) is 0 Å². The monoisotopic (exact) mass is 333 g/mol. The van der Waals surface area contributed by atoms with E-state index in [-0.39, 0.29) is 11.8 Å². The number of carbonyl (C=O) groups excluding carboxylic acids is 1. The third kappa shape index (κ3) is 4.10. The van der Waals surface area contributed by atoms with Crippen molar-refractivity contribution in [1.82, 2.24) is 5.32 Å². The first kappa shape index (κ1) is 17.0. The molecule has 0 fully saturated rings. The number of ether oxygens (including phenoxy) is 2. The van der Waals surface area contributed by atoms with Gasteiger partial charge in [0.1, 0.15) is 0 Å². The fraction of sp³-hybridized carbons (Fsp3) is 0.235. The molecule has 2 rings (SSSR count). The Labute approximate surface area is 138 Å². The molecule has 0 saturated carbocycles. The standard InChI is InChI=1S/C17H19NO4S/c1-21-15-9-8-13(10-16(15)22-2)17(11-18-12-19)23(20)14-6-4-3-5-7-14/h3-10,12,17H,11H2,1-2H3,(H,18,19). The minimum atomic E-state index is -1.31. The van der Waals surface area contributed by atoms with Crippen molar-refractivity contribution in [3.8, 4) is 11.5 Å². The van der Waals surface area contributed by atoms with E-state index in [1.165, 1.54) is 0 Å². The predicted molar refractivity (Wildman–Crippen MR) is 89.2 cm³/mol. The molecule has 0 saturated heterocycles. The summed E-state index contributed by atoms with van der Waals surface area (Å²) in [6.45, 7) is 0.264. The average Bonchev–Trinajstić information content (AvgIpc) is 2.62. The van der Waals surface area contributed by atoms with Gasteiger partial charge >= 0.3 is 0 Å². The molecule has 122 valence electrons. The van der Waals surface area contributed by atoms with Gasteiger partial charge < -0.3 is 14.8 Å². The van der Waals surface area contributed by atoms with Crippen molar-refractivity contribution < 1.29 is 18.5 Å². The Balaban J connectivity index is 2.38. The normalized spacial score (nSPS) is 13.0. The van der Waals surface area contributed by atoms with Gasteiger partial charge in [-0.15, -0.1) is 0 Å². The van der Waals surface area contributed by atoms with E-state index < -0.39 is 10.8 Å². The number of benzene rings is 2. The van der Waals surface area contributed by atoms with Crippen LogP contribution in [0.1, 0.15) is 10.8 Å². The molecule has 2 unspecified atom stereocenters. The summed E-state index contributed by atoms with van der Waals surface area (Å²) in [5.74, 6) is 1.16. The Kier molecular flexibility index (Phi) is 6.17. The minimum Gasteiger partial charge on any atom is -0.493 e. The maximum Gasteiger partial charge on any atom is 0.207 e. The van der Waals surface area contributed by atoms with Crippen LogP contribution in [-0.4, -0.2) is 31.4 Å². The van der Waals surface area contributed by atoms with Gasteiger partial charge in [0.05, 0.1) is 30.3 Å². The number of methoxy groups -OCH3 is 2. The summed E-state index contributed by atoms with van der Waals surface area (Å²) in [6.07, 6.45) is 0.607. The largest absolute Gasteiger partial charge is 0.493 e. The molecule has 6 heteroatoms. The third-order valence-electron chi connectivity index (χ3n) is 3.40. The molecule has 0 aromatic heterocycles. The summed E-state index contributed by atoms with van der Waals surface area (Å²) in [5, 5.41) is 2.23. The summed E-state index contributed by atoms with van der Waals surface area (Å²) in [4.78, 5) is 11.4. The number of carbonyl (C=O) groups is 1. The van der Waals surface area contributed by atoms with Gasteiger partial charge in [0, 0.05) is 11.4 Å². The SMILES string of the molecule is COc1ccc(C(CNC=O)S(=O)c2ccccc2)cc1OC. The van der Waals surface area contributed by atoms with Crippen molar-refractivity contribution in [1.29, 1.82) is 0 Å². The van der Waals surface area contributed by atoms with E-state index in [1.54, 1.807) is 26.4 Å². The van der Waals surface area contributed by atoms with Crippen molar-refractivity contribution >= 4 is 17.2 Å². The van der Waals surface area contributed by atoms with Crippen LogP contribution in [0.5, 0.6) is 11.5 Å². The first-order valence-corrected chi connectivity index (χ1v) is 8.27. The maximum absolute atomic E-state index is 12.9. The van der Waals surface area contributed by atoms with Crippen LogP contribution in [-0.2, 0) is 15.6 Å². The molecule has 2 aromatic rings. The van der Waals surface area contributed by atoms with Crippen LogP contribution in [0.2, 0.25) is 0 Å². The smallest absolute Gasteiger partial charge is 0.207 e. The molecular formula is C17H19NO4S. The number of nitrogens with one attached hydrogen (secondary N) is 1. The van der Waals surface area contributed by atoms with Gasteiger partial charge in [0.15, 0.2) is 11.5 Å². The van der Waals surface area contributed by atoms with E-state index in [9.17, 15) is 9.00 Å². The fourth-order valence-corrected chi connectivity index (χ4v) is 3.64. The summed E-state index contributed by atoms with van der Waals surface area (Å²) in [6, 6.07) is 14.6. The zero-order valence-corrected chi connectivity index (χ0v) is 13.8. The molecule has 0 bridgehead atoms. The molecule has 0 aliphatic carbocycles. The molecule has 1 amide bonds. The highest BCUT2D eigenvalue weighted by Crippen LogP contribution is 2.33. The number of hydrogen-bond donors (Lipinski definition) is 1. The summed E-state index contributed by atoms with van der Waals surface area (Å²) in [5.41, 5.74) is 0.805. The van der Waals surface area contributed by atoms with E-state index in [1.807, 2.05) is 36.4 Å². The molecule has 2 atom stereocenters. The van der Waals surface area contributed by atoms with E-state index in [2.05, 4.69) is 5.32 Å². The third-order valence-corrected chi connectivity index (χ3v) is 5.09. The van der Waals surface area contributed by atoms with Crippen LogP contribution < -0.4 is 14.8 Å². The second-order valence-corrected chi connectivity index (χ2v) is 6.37. The summed E-state index contributed by atoms with van der Waals surface area (Å²) >= 11 is 0. The van der Waals surface area contributed by atoms with E-state index >= 15 is 0 Å². The zero-order chi connectivity index (χ0) is 16.7. The predicted octanol–water partition coefficient (Wildman–Crippen LogP) is 2.30. The Hall–Kier alpha value is -2.34. The fourth-order valence-electron chi connectivity index (χ4n) is 2.24. The van der Waals surface area contributed by atoms with Crippen molar-refractivity contribution in [3.63, 3.8) is 0 Å². The highest BCUT2D eigenvalue weighted by Gasteiger charge is 2.22. The second kappa shape index (κ2) is 8.33. The number of rotatable bonds is 8. The van der Waals surface area contributed by atoms with Crippen LogP contribution in [0.15, 0.2) is 53.4 Å². The quantitative estimate of drug-likeness (QED) is 0.753. The molecule has 0 spiro atoms. The van der Waals surface area contributed by atoms with Gasteiger partial charge in [-0.1, -0.05) is 24.3 Å². The van der Waals surface area contributed by atoms with Crippen LogP contribution in [0.25, 0.3) is 0 Å². The lowest BCUT2D eigenvalue weighted by Gasteiger charge is -2.18. The Morgan fingerprint density at radius 2 is 1.78 bits per heavy atom. The molecule has 0 heterocycles. The first-order valence-electron chi connectivity index (χ1n) is 7.05. The molecular weight excluding hydrogens is 314 g/mol. The first-order chi connectivity index (χ1) is 11.2. The zero-order valence-electron chi connectivity index (χ0n) is 13.0. The highest BCUT2D eigenvalue weighted by atomic mass is 32.2. The molecule has 2 aromatic carbocycles. The molecule has 5 nitrogen and oxygen atoms in total. The van der Waals surface area contributed by atoms with Crippen LogP contribution >= 0.6 is 0 Å². The minimum absolute atomic E-state index is 0.264. The van der Waals surface area contributed by atoms with Gasteiger partial charge in [-0.3, -0.25) is 9.00 Å². The van der Waals surface area contributed by atoms with Gasteiger partial charge in [-0.05, 0) is 29.8 Å². The molecule has 1 N–H and O–H groups in total. The molecule has 23 heavy (non-hydrogen) atoms. The van der Waals surface area contributed by atoms with Gasteiger partial charge in [0.2, 0.25) is 6.41 Å². The van der Waals surface area contributed by atoms with Crippen LogP contribution in [0.4, 0.5) is 0 Å². The van der Waals surface area contributed by atoms with E-state index in [0.717, 1.165) is 5.56 Å². The van der Waals surface area contributed by atoms with Crippen LogP contribution in [0.3, 0.4) is 0 Å². The van der Waals surface area contributed by atoms with Crippen molar-refractivity contribution in [3.05, 3.63) is 54.1 Å². The lowest BCUT2D eigenvalue weighted by Crippen LogP contribution is -2.23.